The first kappa shape index (κ1) is 13.1. The van der Waals surface area contributed by atoms with Crippen molar-refractivity contribution in [2.75, 3.05) is 6.54 Å². The summed E-state index contributed by atoms with van der Waals surface area (Å²) in [5.41, 5.74) is 1.90. The highest BCUT2D eigenvalue weighted by Crippen LogP contribution is 2.18. The Morgan fingerprint density at radius 3 is 2.95 bits per heavy atom. The van der Waals surface area contributed by atoms with Crippen LogP contribution in [0.1, 0.15) is 5.56 Å². The molecule has 0 unspecified atom stereocenters. The van der Waals surface area contributed by atoms with Crippen molar-refractivity contribution < 1.29 is 22.4 Å². The molecule has 1 N–H and O–H groups in total. The summed E-state index contributed by atoms with van der Waals surface area (Å²) in [6, 6.07) is 5.21. The van der Waals surface area contributed by atoms with E-state index in [0.29, 0.717) is 16.7 Å². The van der Waals surface area contributed by atoms with E-state index in [1.54, 1.807) is 29.6 Å². The summed E-state index contributed by atoms with van der Waals surface area (Å²) in [5, 5.41) is 1.74. The van der Waals surface area contributed by atoms with Crippen molar-refractivity contribution in [2.45, 2.75) is 6.18 Å². The summed E-state index contributed by atoms with van der Waals surface area (Å²) in [7, 11) is 0. The molecule has 0 radical (unpaired) electrons. The molecule has 100 valence electrons. The van der Waals surface area contributed by atoms with Crippen LogP contribution in [0.25, 0.3) is 17.2 Å². The third kappa shape index (κ3) is 3.12. The van der Waals surface area contributed by atoms with Crippen molar-refractivity contribution in [2.24, 2.45) is 0 Å². The molecule has 0 aliphatic carbocycles. The van der Waals surface area contributed by atoms with Crippen LogP contribution in [0, 0.1) is 0 Å². The molecule has 1 aromatic carbocycles. The number of oxazole rings is 1. The lowest BCUT2D eigenvalue weighted by Crippen LogP contribution is -2.36. The van der Waals surface area contributed by atoms with E-state index in [0.717, 1.165) is 0 Å². The van der Waals surface area contributed by atoms with Crippen molar-refractivity contribution in [1.82, 2.24) is 10.3 Å². The van der Waals surface area contributed by atoms with Gasteiger partial charge < -0.3 is 9.73 Å². The monoisotopic (exact) mass is 270 g/mol. The first-order valence-corrected chi connectivity index (χ1v) is 5.32. The van der Waals surface area contributed by atoms with E-state index in [-0.39, 0.29) is 6.54 Å². The first-order chi connectivity index (χ1) is 8.98. The van der Waals surface area contributed by atoms with Crippen LogP contribution in [0.5, 0.6) is 0 Å². The minimum Gasteiger partial charge on any atom is -0.443 e. The standard InChI is InChI=1S/C12H9F3N2O2/c13-12(14,15)11(18)16-6-2-4-8-3-1-5-9-10(8)17-7-19-9/h1-5,7H,6H2,(H,16,18)/b4-2-. The Hall–Kier alpha value is -2.31. The van der Waals surface area contributed by atoms with E-state index < -0.39 is 12.1 Å². The number of alkyl halides is 3. The minimum atomic E-state index is -4.86. The summed E-state index contributed by atoms with van der Waals surface area (Å²) in [6.07, 6.45) is -0.595. The molecule has 1 heterocycles. The zero-order valence-corrected chi connectivity index (χ0v) is 9.57. The van der Waals surface area contributed by atoms with E-state index >= 15 is 0 Å². The maximum Gasteiger partial charge on any atom is 0.471 e. The number of aromatic nitrogens is 1. The second-order valence-corrected chi connectivity index (χ2v) is 3.66. The maximum atomic E-state index is 11.9. The molecule has 0 atom stereocenters. The molecule has 0 saturated carbocycles. The summed E-state index contributed by atoms with van der Waals surface area (Å²) in [4.78, 5) is 14.5. The number of fused-ring (bicyclic) bond motifs is 1. The fourth-order valence-electron chi connectivity index (χ4n) is 1.48. The van der Waals surface area contributed by atoms with Gasteiger partial charge in [0.25, 0.3) is 0 Å². The summed E-state index contributed by atoms with van der Waals surface area (Å²) < 4.78 is 40.8. The van der Waals surface area contributed by atoms with E-state index in [1.807, 2.05) is 0 Å². The Morgan fingerprint density at radius 2 is 2.21 bits per heavy atom. The normalized spacial score (nSPS) is 12.2. The second kappa shape index (κ2) is 5.13. The second-order valence-electron chi connectivity index (χ2n) is 3.66. The Bertz CT molecular complexity index is 617. The first-order valence-electron chi connectivity index (χ1n) is 5.32. The number of amides is 1. The number of nitrogens with one attached hydrogen (secondary N) is 1. The van der Waals surface area contributed by atoms with Gasteiger partial charge in [-0.05, 0) is 6.07 Å². The molecule has 1 aromatic heterocycles. The van der Waals surface area contributed by atoms with Crippen LogP contribution in [-0.4, -0.2) is 23.6 Å². The van der Waals surface area contributed by atoms with Gasteiger partial charge in [0.05, 0.1) is 0 Å². The average molecular weight is 270 g/mol. The summed E-state index contributed by atoms with van der Waals surface area (Å²) in [6.45, 7) is -0.216. The third-order valence-electron chi connectivity index (χ3n) is 2.33. The van der Waals surface area contributed by atoms with Gasteiger partial charge >= 0.3 is 12.1 Å². The maximum absolute atomic E-state index is 11.9. The van der Waals surface area contributed by atoms with E-state index in [9.17, 15) is 18.0 Å². The molecule has 19 heavy (non-hydrogen) atoms. The lowest BCUT2D eigenvalue weighted by molar-refractivity contribution is -0.173. The van der Waals surface area contributed by atoms with Gasteiger partial charge in [0.2, 0.25) is 0 Å². The van der Waals surface area contributed by atoms with Crippen molar-refractivity contribution in [3.63, 3.8) is 0 Å². The van der Waals surface area contributed by atoms with Gasteiger partial charge in [-0.15, -0.1) is 0 Å². The molecule has 0 aliphatic heterocycles. The average Bonchev–Trinajstić information content (AvgIpc) is 2.81. The number of halogens is 3. The molecule has 0 fully saturated rings. The quantitative estimate of drug-likeness (QED) is 0.932. The molecular weight excluding hydrogens is 261 g/mol. The lowest BCUT2D eigenvalue weighted by atomic mass is 10.2. The zero-order valence-electron chi connectivity index (χ0n) is 9.57. The summed E-state index contributed by atoms with van der Waals surface area (Å²) in [5.74, 6) is -1.96. The highest BCUT2D eigenvalue weighted by atomic mass is 19.4. The minimum absolute atomic E-state index is 0.216. The molecule has 7 heteroatoms. The lowest BCUT2D eigenvalue weighted by Gasteiger charge is -2.04. The highest BCUT2D eigenvalue weighted by molar-refractivity contribution is 5.83. The third-order valence-corrected chi connectivity index (χ3v) is 2.33. The Labute approximate surface area is 105 Å². The number of nitrogens with zero attached hydrogens (tertiary/aromatic N) is 1. The highest BCUT2D eigenvalue weighted by Gasteiger charge is 2.37. The number of hydrogen-bond donors (Lipinski definition) is 1. The number of carbonyl (C=O) groups excluding carboxylic acids is 1. The van der Waals surface area contributed by atoms with Crippen LogP contribution in [0.3, 0.4) is 0 Å². The molecule has 1 amide bonds. The van der Waals surface area contributed by atoms with Crippen molar-refractivity contribution in [1.29, 1.82) is 0 Å². The number of para-hydroxylation sites is 1. The van der Waals surface area contributed by atoms with Gasteiger partial charge in [0.15, 0.2) is 12.0 Å². The van der Waals surface area contributed by atoms with Crippen molar-refractivity contribution in [3.05, 3.63) is 36.2 Å². The predicted octanol–water partition coefficient (Wildman–Crippen LogP) is 2.52. The molecule has 2 aromatic rings. The van der Waals surface area contributed by atoms with Gasteiger partial charge in [-0.2, -0.15) is 13.2 Å². The fraction of sp³-hybridized carbons (Fsp3) is 0.167. The smallest absolute Gasteiger partial charge is 0.443 e. The SMILES string of the molecule is O=C(NC/C=C\c1cccc2ocnc12)C(F)(F)F. The van der Waals surface area contributed by atoms with Crippen LogP contribution >= 0.6 is 0 Å². The van der Waals surface area contributed by atoms with E-state index in [4.69, 9.17) is 4.42 Å². The molecule has 0 spiro atoms. The van der Waals surface area contributed by atoms with E-state index in [2.05, 4.69) is 4.98 Å². The van der Waals surface area contributed by atoms with Gasteiger partial charge in [-0.25, -0.2) is 4.98 Å². The van der Waals surface area contributed by atoms with Crippen LogP contribution in [0.4, 0.5) is 13.2 Å². The number of hydrogen-bond acceptors (Lipinski definition) is 3. The number of benzene rings is 1. The zero-order chi connectivity index (χ0) is 13.9. The fourth-order valence-corrected chi connectivity index (χ4v) is 1.48. The Morgan fingerprint density at radius 1 is 1.42 bits per heavy atom. The number of rotatable bonds is 3. The topological polar surface area (TPSA) is 55.1 Å². The molecular formula is C12H9F3N2O2. The van der Waals surface area contributed by atoms with Gasteiger partial charge in [0, 0.05) is 12.1 Å². The van der Waals surface area contributed by atoms with Gasteiger partial charge in [0.1, 0.15) is 5.52 Å². The molecule has 4 nitrogen and oxygen atoms in total. The predicted molar refractivity (Wildman–Crippen MR) is 62.1 cm³/mol. The van der Waals surface area contributed by atoms with Crippen LogP contribution < -0.4 is 5.32 Å². The van der Waals surface area contributed by atoms with Crippen molar-refractivity contribution >= 4 is 23.1 Å². The molecule has 2 rings (SSSR count). The van der Waals surface area contributed by atoms with Gasteiger partial charge in [-0.1, -0.05) is 24.3 Å². The summed E-state index contributed by atoms with van der Waals surface area (Å²) >= 11 is 0. The van der Waals surface area contributed by atoms with Gasteiger partial charge in [-0.3, -0.25) is 4.79 Å². The Balaban J connectivity index is 2.00. The number of carbonyl (C=O) groups is 1. The van der Waals surface area contributed by atoms with E-state index in [1.165, 1.54) is 12.5 Å². The van der Waals surface area contributed by atoms with Crippen molar-refractivity contribution in [3.8, 4) is 0 Å². The van der Waals surface area contributed by atoms with Crippen LogP contribution in [0.15, 0.2) is 35.1 Å². The molecule has 0 aliphatic rings. The van der Waals surface area contributed by atoms with Crippen LogP contribution in [0.2, 0.25) is 0 Å². The Kier molecular flexibility index (Phi) is 3.55. The largest absolute Gasteiger partial charge is 0.471 e. The molecule has 0 saturated heterocycles. The van der Waals surface area contributed by atoms with Crippen LogP contribution in [-0.2, 0) is 4.79 Å². The molecule has 0 bridgehead atoms.